The first-order valence-corrected chi connectivity index (χ1v) is 43.5. The number of hydrogen-bond donors (Lipinski definition) is 9. The van der Waals surface area contributed by atoms with Crippen molar-refractivity contribution in [3.8, 4) is 0 Å². The standard InChI is InChI=1S/C80H102N12O15S4/c1-7-9-40-89-62-34-27-52-24-31-56(111(105,106)107)47-58(52)72(62)80(5,6)69(89)36-29-50(28-35-68-79(3,4)71-57-46-55(110(102,103)104)30-23-51(57)26-33-61(71)88(68)39-8-2)53-25-32-59(86-49-53)66(94)22-10-11-44-108-109-67(77(100)101)45-54(93)17-12-37-84-73(96)63-19-15-42-91(63)76(99)65-21-16-43-92(65)75(98)60(18-13-38-85-78(82)83)87-74(97)64-20-14-41-90(64)70(95)48-81/h23-36,46-47,49,60,63-65,67H,7-22,37-45,48,81H2,1-6H3,(H8-,82,83,84,85,87,96,97,100,101,102,103,104,105,106,107)/p+1/t60-,63-,64-,65-,67+/m0/s1. The number of carbonyl (C=O) groups is 8. The molecule has 111 heavy (non-hydrogen) atoms. The maximum absolute atomic E-state index is 14.3. The van der Waals surface area contributed by atoms with E-state index in [1.807, 2.05) is 36.4 Å². The summed E-state index contributed by atoms with van der Waals surface area (Å²) in [5.41, 5.74) is 16.9. The molecule has 6 heterocycles. The zero-order chi connectivity index (χ0) is 80.3. The van der Waals surface area contributed by atoms with E-state index in [0.29, 0.717) is 99.5 Å². The Labute approximate surface area is 656 Å². The van der Waals surface area contributed by atoms with Gasteiger partial charge in [0, 0.05) is 117 Å². The van der Waals surface area contributed by atoms with Crippen LogP contribution in [0, 0.1) is 5.41 Å². The molecule has 0 spiro atoms. The van der Waals surface area contributed by atoms with E-state index in [4.69, 9.17) is 21.9 Å². The number of ketones is 2. The lowest BCUT2D eigenvalue weighted by molar-refractivity contribution is -0.438. The fourth-order valence-electron chi connectivity index (χ4n) is 16.1. The molecule has 596 valence electrons. The molecule has 4 aromatic carbocycles. The number of pyridine rings is 1. The second kappa shape index (κ2) is 36.8. The predicted molar refractivity (Wildman–Crippen MR) is 431 cm³/mol. The molecule has 5 aromatic rings. The van der Waals surface area contributed by atoms with Crippen molar-refractivity contribution in [3.63, 3.8) is 0 Å². The molecule has 5 aliphatic rings. The monoisotopic (exact) mass is 1600 g/mol. The molecular weight excluding hydrogens is 1500 g/mol. The Morgan fingerprint density at radius 3 is 1.99 bits per heavy atom. The highest BCUT2D eigenvalue weighted by Gasteiger charge is 2.48. The van der Waals surface area contributed by atoms with E-state index in [-0.39, 0.29) is 110 Å². The number of nitrogens with zero attached hydrogens (tertiary/aromatic N) is 6. The van der Waals surface area contributed by atoms with E-state index >= 15 is 0 Å². The van der Waals surface area contributed by atoms with Crippen molar-refractivity contribution < 1.29 is 74.0 Å². The number of likely N-dealkylation sites (tertiary alicyclic amines) is 3. The van der Waals surface area contributed by atoms with E-state index in [1.165, 1.54) is 49.8 Å². The first kappa shape index (κ1) is 84.6. The minimum absolute atomic E-state index is 0.000608. The number of unbranched alkanes of at least 4 members (excludes halogenated alkanes) is 2. The van der Waals surface area contributed by atoms with Gasteiger partial charge in [0.05, 0.1) is 21.8 Å². The van der Waals surface area contributed by atoms with Crippen molar-refractivity contribution >= 4 is 139 Å². The van der Waals surface area contributed by atoms with Gasteiger partial charge < -0.3 is 52.1 Å². The van der Waals surface area contributed by atoms with Crippen molar-refractivity contribution in [1.29, 1.82) is 5.41 Å². The maximum atomic E-state index is 14.3. The van der Waals surface area contributed by atoms with E-state index in [2.05, 4.69) is 85.2 Å². The number of rotatable bonds is 36. The highest BCUT2D eigenvalue weighted by Crippen LogP contribution is 2.52. The Balaban J connectivity index is 0.748. The number of carbonyl (C=O) groups excluding carboxylic acids is 7. The van der Waals surface area contributed by atoms with Crippen LogP contribution in [0.3, 0.4) is 0 Å². The van der Waals surface area contributed by atoms with Crippen LogP contribution >= 0.6 is 21.6 Å². The normalized spacial score (nSPS) is 19.1. The molecule has 3 fully saturated rings. The SMILES string of the molecule is CCCC[N+]1=C(/C=C/C(=C/C=C2/N(CCC)c3ccc4ccc(S(=O)(=O)O)cc4c3C2(C)C)c2ccc(C(=O)CCCCSS[C@H](CC(=O)CCCNC(=O)[C@@H]3CCCN3C(=O)[C@@H]3CCCN3C(=O)[C@H](CCCNC(=N)N)NC(=O)[C@@H]3CCCN3C(=O)CN)C(=O)O)nc2)C(C)(C)c2c1ccc1ccc(S(=O)(=O)O)cc21. The van der Waals surface area contributed by atoms with Gasteiger partial charge in [-0.05, 0) is 178 Å². The zero-order valence-electron chi connectivity index (χ0n) is 63.8. The molecule has 0 radical (unpaired) electrons. The van der Waals surface area contributed by atoms with Crippen LogP contribution in [0.5, 0.6) is 0 Å². The highest BCUT2D eigenvalue weighted by molar-refractivity contribution is 8.77. The van der Waals surface area contributed by atoms with Crippen LogP contribution in [-0.4, -0.2) is 202 Å². The molecule has 0 saturated carbocycles. The summed E-state index contributed by atoms with van der Waals surface area (Å²) >= 11 is 0. The van der Waals surface area contributed by atoms with Gasteiger partial charge in [0.2, 0.25) is 35.2 Å². The van der Waals surface area contributed by atoms with Crippen LogP contribution in [0.2, 0.25) is 0 Å². The lowest BCUT2D eigenvalue weighted by Gasteiger charge is -2.33. The summed E-state index contributed by atoms with van der Waals surface area (Å²) in [6, 6.07) is 17.2. The lowest BCUT2D eigenvalue weighted by Crippen LogP contribution is -2.58. The number of allylic oxidation sites excluding steroid dienone is 6. The fraction of sp³-hybridized carbons (Fsp3) is 0.487. The second-order valence-electron chi connectivity index (χ2n) is 30.0. The van der Waals surface area contributed by atoms with E-state index in [1.54, 1.807) is 24.4 Å². The van der Waals surface area contributed by atoms with Gasteiger partial charge in [-0.3, -0.25) is 57.9 Å². The summed E-state index contributed by atoms with van der Waals surface area (Å²) in [6.07, 6.45) is 16.8. The summed E-state index contributed by atoms with van der Waals surface area (Å²) in [7, 11) is -6.66. The van der Waals surface area contributed by atoms with Gasteiger partial charge in [-0.1, -0.05) is 86.0 Å². The molecule has 0 aliphatic carbocycles. The Morgan fingerprint density at radius 1 is 0.730 bits per heavy atom. The second-order valence-corrected chi connectivity index (χ2v) is 35.5. The van der Waals surface area contributed by atoms with Gasteiger partial charge in [-0.25, -0.2) is 0 Å². The third-order valence-corrected chi connectivity index (χ3v) is 26.1. The summed E-state index contributed by atoms with van der Waals surface area (Å²) in [5.74, 6) is -3.55. The zero-order valence-corrected chi connectivity index (χ0v) is 67.1. The quantitative estimate of drug-likeness (QED) is 0.00263. The number of guanidine groups is 1. The highest BCUT2D eigenvalue weighted by atomic mass is 33.1. The number of carboxylic acids is 1. The summed E-state index contributed by atoms with van der Waals surface area (Å²) in [6.45, 7) is 14.8. The molecule has 31 heteroatoms. The maximum Gasteiger partial charge on any atom is 0.317 e. The number of aromatic nitrogens is 1. The van der Waals surface area contributed by atoms with Gasteiger partial charge in [0.1, 0.15) is 47.4 Å². The molecule has 3 saturated heterocycles. The molecule has 11 N–H and O–H groups in total. The fourth-order valence-corrected chi connectivity index (χ4v) is 19.6. The average Bonchev–Trinajstić information content (AvgIpc) is 1.58. The smallest absolute Gasteiger partial charge is 0.317 e. The Kier molecular flexibility index (Phi) is 28.0. The molecule has 1 aromatic heterocycles. The minimum Gasteiger partial charge on any atom is -0.480 e. The van der Waals surface area contributed by atoms with Crippen molar-refractivity contribution in [2.45, 2.75) is 201 Å². The van der Waals surface area contributed by atoms with Crippen LogP contribution in [0.4, 0.5) is 11.4 Å². The number of aliphatic carboxylic acids is 1. The van der Waals surface area contributed by atoms with E-state index < -0.39 is 84.2 Å². The molecular formula is C80H103N12O15S4+. The number of carboxylic acid groups (broad SMARTS) is 1. The first-order valence-electron chi connectivity index (χ1n) is 38.2. The number of Topliss-reactive ketones (excluding diaryl/α,β-unsaturated/α-hetero) is 2. The predicted octanol–water partition coefficient (Wildman–Crippen LogP) is 9.51. The average molecular weight is 1600 g/mol. The number of benzene rings is 4. The van der Waals surface area contributed by atoms with E-state index in [0.717, 1.165) is 80.3 Å². The van der Waals surface area contributed by atoms with Crippen LogP contribution in [-0.2, 0) is 64.6 Å². The Morgan fingerprint density at radius 2 is 1.36 bits per heavy atom. The lowest BCUT2D eigenvalue weighted by atomic mass is 9.79. The van der Waals surface area contributed by atoms with Crippen molar-refractivity contribution in [2.24, 2.45) is 11.5 Å². The van der Waals surface area contributed by atoms with E-state index in [9.17, 15) is 69.4 Å². The van der Waals surface area contributed by atoms with Gasteiger partial charge in [-0.15, -0.1) is 0 Å². The molecule has 10 rings (SSSR count). The first-order chi connectivity index (χ1) is 52.8. The molecule has 27 nitrogen and oxygen atoms in total. The van der Waals surface area contributed by atoms with Crippen molar-refractivity contribution in [1.82, 2.24) is 35.6 Å². The third-order valence-electron chi connectivity index (χ3n) is 21.6. The third kappa shape index (κ3) is 19.6. The minimum atomic E-state index is -4.52. The van der Waals surface area contributed by atoms with Crippen LogP contribution < -0.4 is 32.3 Å². The van der Waals surface area contributed by atoms with Crippen molar-refractivity contribution in [3.05, 3.63) is 131 Å². The van der Waals surface area contributed by atoms with Gasteiger partial charge in [0.15, 0.2) is 17.5 Å². The summed E-state index contributed by atoms with van der Waals surface area (Å²) in [5, 5.41) is 28.0. The van der Waals surface area contributed by atoms with Crippen LogP contribution in [0.1, 0.15) is 178 Å². The summed E-state index contributed by atoms with van der Waals surface area (Å²) in [4.78, 5) is 119. The molecule has 0 unspecified atom stereocenters. The molecule has 5 aliphatic heterocycles. The van der Waals surface area contributed by atoms with Gasteiger partial charge in [0.25, 0.3) is 20.2 Å². The summed E-state index contributed by atoms with van der Waals surface area (Å²) < 4.78 is 72.6. The largest absolute Gasteiger partial charge is 0.480 e. The Hall–Kier alpha value is -8.85. The van der Waals surface area contributed by atoms with Gasteiger partial charge in [-0.2, -0.15) is 21.4 Å². The van der Waals surface area contributed by atoms with Gasteiger partial charge >= 0.3 is 5.97 Å². The number of amides is 5. The van der Waals surface area contributed by atoms with Crippen LogP contribution in [0.25, 0.3) is 27.1 Å². The molecule has 0 bridgehead atoms. The van der Waals surface area contributed by atoms with Crippen molar-refractivity contribution in [2.75, 3.05) is 63.0 Å². The van der Waals surface area contributed by atoms with Crippen LogP contribution in [0.15, 0.2) is 119 Å². The molecule has 5 amide bonds. The topological polar surface area (TPSA) is 406 Å². The number of hydrogen-bond acceptors (Lipinski definition) is 18. The number of nitrogens with two attached hydrogens (primary N) is 2. The molecule has 5 atom stereocenters. The number of fused-ring (bicyclic) bond motifs is 6. The Bertz CT molecular complexity index is 4790. The number of anilines is 1. The number of nitrogens with one attached hydrogen (secondary N) is 4.